The number of anilines is 2. The number of fused-ring (bicyclic) bond motifs is 1. The van der Waals surface area contributed by atoms with Gasteiger partial charge in [-0.25, -0.2) is 4.98 Å². The minimum Gasteiger partial charge on any atom is -0.355 e. The summed E-state index contributed by atoms with van der Waals surface area (Å²) >= 11 is 0. The highest BCUT2D eigenvalue weighted by molar-refractivity contribution is 5.95. The lowest BCUT2D eigenvalue weighted by atomic mass is 10.1. The number of imidazole rings is 1. The molecule has 1 saturated carbocycles. The minimum absolute atomic E-state index is 0.157. The van der Waals surface area contributed by atoms with Crippen LogP contribution in [-0.4, -0.2) is 27.4 Å². The summed E-state index contributed by atoms with van der Waals surface area (Å²) in [5, 5.41) is 17.0. The zero-order valence-corrected chi connectivity index (χ0v) is 14.8. The predicted octanol–water partition coefficient (Wildman–Crippen LogP) is 3.46. The molecule has 0 unspecified atom stereocenters. The first kappa shape index (κ1) is 17.0. The van der Waals surface area contributed by atoms with Crippen LogP contribution in [0, 0.1) is 16.0 Å². The van der Waals surface area contributed by atoms with Crippen molar-refractivity contribution in [1.82, 2.24) is 14.9 Å². The first-order valence-corrected chi connectivity index (χ1v) is 8.77. The Morgan fingerprint density at radius 3 is 2.81 bits per heavy atom. The van der Waals surface area contributed by atoms with E-state index in [-0.39, 0.29) is 17.2 Å². The number of benzene rings is 2. The molecule has 0 saturated heterocycles. The molecule has 2 aromatic carbocycles. The number of carbonyl (C=O) groups is 1. The number of carbonyl (C=O) groups excluding carboxylic acids is 1. The van der Waals surface area contributed by atoms with E-state index in [0.29, 0.717) is 11.4 Å². The predicted molar refractivity (Wildman–Crippen MR) is 102 cm³/mol. The van der Waals surface area contributed by atoms with E-state index >= 15 is 0 Å². The van der Waals surface area contributed by atoms with Gasteiger partial charge in [0.1, 0.15) is 5.69 Å². The number of nitrogens with one attached hydrogen (secondary N) is 2. The molecule has 138 valence electrons. The fraction of sp³-hybridized carbons (Fsp3) is 0.263. The van der Waals surface area contributed by atoms with Crippen LogP contribution in [0.3, 0.4) is 0 Å². The maximum Gasteiger partial charge on any atom is 0.293 e. The first-order chi connectivity index (χ1) is 13.0. The summed E-state index contributed by atoms with van der Waals surface area (Å²) in [6.45, 7) is 0.982. The quantitative estimate of drug-likeness (QED) is 0.514. The second kappa shape index (κ2) is 6.71. The summed E-state index contributed by atoms with van der Waals surface area (Å²) < 4.78 is 2.15. The smallest absolute Gasteiger partial charge is 0.293 e. The summed E-state index contributed by atoms with van der Waals surface area (Å²) in [5.74, 6) is 0.383. The molecule has 8 nitrogen and oxygen atoms in total. The van der Waals surface area contributed by atoms with Gasteiger partial charge < -0.3 is 15.2 Å². The Morgan fingerprint density at radius 2 is 2.11 bits per heavy atom. The van der Waals surface area contributed by atoms with E-state index in [9.17, 15) is 14.9 Å². The Morgan fingerprint density at radius 1 is 1.30 bits per heavy atom. The van der Waals surface area contributed by atoms with Crippen molar-refractivity contribution in [2.24, 2.45) is 5.92 Å². The van der Waals surface area contributed by atoms with E-state index < -0.39 is 4.92 Å². The second-order valence-electron chi connectivity index (χ2n) is 6.74. The number of hydrogen-bond donors (Lipinski definition) is 2. The molecule has 0 aliphatic heterocycles. The fourth-order valence-electron chi connectivity index (χ4n) is 3.10. The molecule has 4 rings (SSSR count). The minimum atomic E-state index is -0.502. The Balaban J connectivity index is 1.63. The summed E-state index contributed by atoms with van der Waals surface area (Å²) in [5.41, 5.74) is 3.00. The lowest BCUT2D eigenvalue weighted by molar-refractivity contribution is -0.383. The Hall–Kier alpha value is -3.42. The van der Waals surface area contributed by atoms with Crippen LogP contribution in [0.1, 0.15) is 23.2 Å². The monoisotopic (exact) mass is 365 g/mol. The van der Waals surface area contributed by atoms with Gasteiger partial charge in [0.25, 0.3) is 11.6 Å². The van der Waals surface area contributed by atoms with Crippen LogP contribution in [0.15, 0.2) is 42.7 Å². The third kappa shape index (κ3) is 3.46. The molecule has 1 aliphatic carbocycles. The summed E-state index contributed by atoms with van der Waals surface area (Å²) in [6.07, 6.45) is 4.39. The van der Waals surface area contributed by atoms with Crippen molar-refractivity contribution < 1.29 is 9.72 Å². The van der Waals surface area contributed by atoms with Crippen molar-refractivity contribution in [2.45, 2.75) is 19.4 Å². The number of aromatic nitrogens is 2. The third-order valence-corrected chi connectivity index (χ3v) is 4.74. The molecule has 27 heavy (non-hydrogen) atoms. The molecule has 0 spiro atoms. The Bertz CT molecular complexity index is 1040. The van der Waals surface area contributed by atoms with Gasteiger partial charge in [0.15, 0.2) is 0 Å². The maximum atomic E-state index is 11.7. The molecule has 2 N–H and O–H groups in total. The van der Waals surface area contributed by atoms with E-state index in [4.69, 9.17) is 0 Å². The topological polar surface area (TPSA) is 102 Å². The molecule has 1 fully saturated rings. The molecular formula is C19H19N5O3. The third-order valence-electron chi connectivity index (χ3n) is 4.74. The standard InChI is InChI=1S/C19H19N5O3/c1-20-19(25)13-4-6-15(18(8-13)24(26)27)22-14-5-7-17-16(9-14)21-11-23(17)10-12-2-3-12/h4-9,11-12,22H,2-3,10H2,1H3,(H,20,25). The maximum absolute atomic E-state index is 11.7. The van der Waals surface area contributed by atoms with Crippen molar-refractivity contribution in [3.05, 3.63) is 58.4 Å². The van der Waals surface area contributed by atoms with E-state index in [1.165, 1.54) is 26.0 Å². The van der Waals surface area contributed by atoms with Gasteiger partial charge >= 0.3 is 0 Å². The molecule has 0 bridgehead atoms. The number of hydrogen-bond acceptors (Lipinski definition) is 5. The lowest BCUT2D eigenvalue weighted by Crippen LogP contribution is -2.17. The van der Waals surface area contributed by atoms with Crippen molar-refractivity contribution in [2.75, 3.05) is 12.4 Å². The van der Waals surface area contributed by atoms with Crippen molar-refractivity contribution in [3.8, 4) is 0 Å². The lowest BCUT2D eigenvalue weighted by Gasteiger charge is -2.09. The molecular weight excluding hydrogens is 346 g/mol. The van der Waals surface area contributed by atoms with E-state index in [1.54, 1.807) is 12.1 Å². The van der Waals surface area contributed by atoms with Gasteiger partial charge in [-0.15, -0.1) is 0 Å². The number of rotatable bonds is 6. The van der Waals surface area contributed by atoms with Gasteiger partial charge in [-0.3, -0.25) is 14.9 Å². The first-order valence-electron chi connectivity index (χ1n) is 8.77. The highest BCUT2D eigenvalue weighted by Crippen LogP contribution is 2.33. The Kier molecular flexibility index (Phi) is 4.23. The van der Waals surface area contributed by atoms with Gasteiger partial charge in [0.2, 0.25) is 0 Å². The highest BCUT2D eigenvalue weighted by atomic mass is 16.6. The normalized spacial score (nSPS) is 13.5. The van der Waals surface area contributed by atoms with Crippen LogP contribution in [0.5, 0.6) is 0 Å². The summed E-state index contributed by atoms with van der Waals surface area (Å²) in [6, 6.07) is 10.1. The van der Waals surface area contributed by atoms with Crippen LogP contribution in [0.25, 0.3) is 11.0 Å². The number of nitro groups is 1. The number of nitro benzene ring substituents is 1. The molecule has 8 heteroatoms. The fourth-order valence-corrected chi connectivity index (χ4v) is 3.10. The van der Waals surface area contributed by atoms with Gasteiger partial charge in [-0.1, -0.05) is 0 Å². The van der Waals surface area contributed by atoms with E-state index in [0.717, 1.165) is 23.5 Å². The second-order valence-corrected chi connectivity index (χ2v) is 6.74. The van der Waals surface area contributed by atoms with Gasteiger partial charge in [-0.2, -0.15) is 0 Å². The number of amides is 1. The zero-order chi connectivity index (χ0) is 19.0. The molecule has 1 amide bonds. The Labute approximate surface area is 155 Å². The summed E-state index contributed by atoms with van der Waals surface area (Å²) in [4.78, 5) is 27.1. The van der Waals surface area contributed by atoms with Crippen molar-refractivity contribution in [1.29, 1.82) is 0 Å². The molecule has 1 heterocycles. The van der Waals surface area contributed by atoms with Crippen LogP contribution in [0.4, 0.5) is 17.1 Å². The van der Waals surface area contributed by atoms with Gasteiger partial charge in [-0.05, 0) is 49.1 Å². The van der Waals surface area contributed by atoms with Crippen LogP contribution in [0.2, 0.25) is 0 Å². The van der Waals surface area contributed by atoms with Crippen LogP contribution < -0.4 is 10.6 Å². The molecule has 0 radical (unpaired) electrons. The average molecular weight is 365 g/mol. The highest BCUT2D eigenvalue weighted by Gasteiger charge is 2.22. The number of nitrogens with zero attached hydrogens (tertiary/aromatic N) is 3. The van der Waals surface area contributed by atoms with E-state index in [1.807, 2.05) is 24.5 Å². The van der Waals surface area contributed by atoms with Crippen LogP contribution >= 0.6 is 0 Å². The van der Waals surface area contributed by atoms with Gasteiger partial charge in [0, 0.05) is 30.9 Å². The summed E-state index contributed by atoms with van der Waals surface area (Å²) in [7, 11) is 1.48. The molecule has 1 aromatic heterocycles. The molecule has 1 aliphatic rings. The molecule has 0 atom stereocenters. The average Bonchev–Trinajstić information content (AvgIpc) is 3.40. The van der Waals surface area contributed by atoms with Crippen molar-refractivity contribution >= 4 is 34.0 Å². The van der Waals surface area contributed by atoms with E-state index in [2.05, 4.69) is 20.2 Å². The molecule has 3 aromatic rings. The largest absolute Gasteiger partial charge is 0.355 e. The van der Waals surface area contributed by atoms with Crippen molar-refractivity contribution in [3.63, 3.8) is 0 Å². The van der Waals surface area contributed by atoms with Crippen LogP contribution in [-0.2, 0) is 6.54 Å². The van der Waals surface area contributed by atoms with Gasteiger partial charge in [0.05, 0.1) is 22.3 Å². The SMILES string of the molecule is CNC(=O)c1ccc(Nc2ccc3c(c2)ncn3CC2CC2)c([N+](=O)[O-])c1. The zero-order valence-electron chi connectivity index (χ0n) is 14.8.